The molecule has 1 fully saturated rings. The van der Waals surface area contributed by atoms with Crippen LogP contribution in [0.15, 0.2) is 60.8 Å². The Morgan fingerprint density at radius 2 is 0.870 bits per heavy atom. The largest absolute Gasteiger partial charge is 0.394 e. The topological polar surface area (TPSA) is 149 Å². The van der Waals surface area contributed by atoms with Gasteiger partial charge in [-0.15, -0.1) is 0 Å². The molecule has 0 bridgehead atoms. The molecule has 1 aliphatic rings. The zero-order chi connectivity index (χ0) is 50.1. The van der Waals surface area contributed by atoms with Gasteiger partial charge in [0.15, 0.2) is 6.29 Å². The van der Waals surface area contributed by atoms with E-state index >= 15 is 0 Å². The molecule has 69 heavy (non-hydrogen) atoms. The van der Waals surface area contributed by atoms with E-state index in [4.69, 9.17) is 9.47 Å². The van der Waals surface area contributed by atoms with E-state index < -0.39 is 49.5 Å². The standard InChI is InChI=1S/C60H109NO8/c1-3-5-7-9-11-13-15-17-18-19-20-21-22-23-24-25-26-27-28-29-30-31-32-33-34-35-36-38-40-42-44-46-48-50-56(64)61-53(52-68-60-59(67)58(66)57(65)55(51-62)69-60)54(63)49-47-45-43-41-39-37-16-14-12-10-8-6-4-2/h12,14,20-21,23-24,39,41,47,49,53-55,57-60,62-63,65-67H,3-11,13,15-19,22,25-38,40,42-46,48,50-52H2,1-2H3,(H,61,64)/b14-12+,21-20-,24-23-,41-39+,49-47+. The van der Waals surface area contributed by atoms with Crippen molar-refractivity contribution >= 4 is 5.91 Å². The highest BCUT2D eigenvalue weighted by Gasteiger charge is 2.44. The summed E-state index contributed by atoms with van der Waals surface area (Å²) in [7, 11) is 0. The predicted molar refractivity (Wildman–Crippen MR) is 290 cm³/mol. The molecule has 9 nitrogen and oxygen atoms in total. The Balaban J connectivity index is 2.13. The number of aliphatic hydroxyl groups excluding tert-OH is 5. The number of allylic oxidation sites excluding steroid dienone is 9. The maximum absolute atomic E-state index is 13.0. The number of carbonyl (C=O) groups excluding carboxylic acids is 1. The maximum Gasteiger partial charge on any atom is 0.220 e. The summed E-state index contributed by atoms with van der Waals surface area (Å²) in [5.41, 5.74) is 0. The van der Waals surface area contributed by atoms with Crippen LogP contribution in [0.1, 0.15) is 258 Å². The monoisotopic (exact) mass is 972 g/mol. The number of amides is 1. The molecule has 1 aliphatic heterocycles. The number of nitrogens with one attached hydrogen (secondary N) is 1. The third-order valence-electron chi connectivity index (χ3n) is 13.5. The first kappa shape index (κ1) is 64.9. The van der Waals surface area contributed by atoms with Crippen LogP contribution in [0.3, 0.4) is 0 Å². The van der Waals surface area contributed by atoms with Crippen molar-refractivity contribution in [3.8, 4) is 0 Å². The van der Waals surface area contributed by atoms with Crippen molar-refractivity contribution in [2.24, 2.45) is 0 Å². The molecule has 0 aromatic rings. The summed E-state index contributed by atoms with van der Waals surface area (Å²) in [6.07, 6.45) is 60.2. The van der Waals surface area contributed by atoms with Crippen molar-refractivity contribution in [2.75, 3.05) is 13.2 Å². The van der Waals surface area contributed by atoms with E-state index in [1.165, 1.54) is 180 Å². The molecule has 0 aromatic heterocycles. The van der Waals surface area contributed by atoms with Gasteiger partial charge in [0.25, 0.3) is 0 Å². The minimum atomic E-state index is -1.58. The van der Waals surface area contributed by atoms with Gasteiger partial charge >= 0.3 is 0 Å². The smallest absolute Gasteiger partial charge is 0.220 e. The van der Waals surface area contributed by atoms with E-state index in [2.05, 4.69) is 67.8 Å². The van der Waals surface area contributed by atoms with Gasteiger partial charge in [-0.2, -0.15) is 0 Å². The van der Waals surface area contributed by atoms with Crippen molar-refractivity contribution in [3.05, 3.63) is 60.8 Å². The van der Waals surface area contributed by atoms with E-state index in [1.807, 2.05) is 6.08 Å². The lowest BCUT2D eigenvalue weighted by atomic mass is 9.99. The summed E-state index contributed by atoms with van der Waals surface area (Å²) in [5.74, 6) is -0.191. The zero-order valence-corrected chi connectivity index (χ0v) is 44.6. The lowest BCUT2D eigenvalue weighted by Crippen LogP contribution is -2.60. The molecule has 0 radical (unpaired) electrons. The van der Waals surface area contributed by atoms with Crippen LogP contribution < -0.4 is 5.32 Å². The van der Waals surface area contributed by atoms with Gasteiger partial charge in [0.05, 0.1) is 25.4 Å². The summed E-state index contributed by atoms with van der Waals surface area (Å²) in [6, 6.07) is -0.828. The van der Waals surface area contributed by atoms with Crippen LogP contribution in [0.2, 0.25) is 0 Å². The van der Waals surface area contributed by atoms with Crippen LogP contribution in [-0.4, -0.2) is 87.5 Å². The summed E-state index contributed by atoms with van der Waals surface area (Å²) in [4.78, 5) is 13.0. The number of hydrogen-bond donors (Lipinski definition) is 6. The van der Waals surface area contributed by atoms with Crippen LogP contribution in [0, 0.1) is 0 Å². The van der Waals surface area contributed by atoms with Gasteiger partial charge in [-0.25, -0.2) is 0 Å². The van der Waals surface area contributed by atoms with Crippen LogP contribution in [-0.2, 0) is 14.3 Å². The normalized spacial score (nSPS) is 19.9. The Hall–Kier alpha value is -2.11. The Kier molecular flexibility index (Phi) is 46.5. The lowest BCUT2D eigenvalue weighted by molar-refractivity contribution is -0.302. The molecule has 1 rings (SSSR count). The Labute approximate surface area is 424 Å². The average molecular weight is 973 g/mol. The fourth-order valence-corrected chi connectivity index (χ4v) is 8.93. The van der Waals surface area contributed by atoms with Gasteiger partial charge in [-0.1, -0.05) is 235 Å². The van der Waals surface area contributed by atoms with E-state index in [1.54, 1.807) is 6.08 Å². The van der Waals surface area contributed by atoms with Gasteiger partial charge < -0.3 is 40.3 Å². The van der Waals surface area contributed by atoms with Gasteiger partial charge in [0, 0.05) is 6.42 Å². The molecule has 1 heterocycles. The Bertz CT molecular complexity index is 1270. The summed E-state index contributed by atoms with van der Waals surface area (Å²) < 4.78 is 11.2. The number of rotatable bonds is 49. The number of ether oxygens (including phenoxy) is 2. The molecule has 0 aromatic carbocycles. The minimum Gasteiger partial charge on any atom is -0.394 e. The Morgan fingerprint density at radius 3 is 1.33 bits per heavy atom. The first-order valence-electron chi connectivity index (χ1n) is 29.0. The second-order valence-electron chi connectivity index (χ2n) is 20.1. The summed E-state index contributed by atoms with van der Waals surface area (Å²) in [6.45, 7) is 3.73. The molecule has 9 heteroatoms. The maximum atomic E-state index is 13.0. The first-order chi connectivity index (χ1) is 33.8. The average Bonchev–Trinajstić information content (AvgIpc) is 3.35. The van der Waals surface area contributed by atoms with Crippen molar-refractivity contribution in [3.63, 3.8) is 0 Å². The lowest BCUT2D eigenvalue weighted by Gasteiger charge is -2.40. The second kappa shape index (κ2) is 49.5. The second-order valence-corrected chi connectivity index (χ2v) is 20.1. The highest BCUT2D eigenvalue weighted by Crippen LogP contribution is 2.23. The predicted octanol–water partition coefficient (Wildman–Crippen LogP) is 14.3. The molecule has 1 amide bonds. The molecule has 402 valence electrons. The SMILES string of the molecule is CCCCC/C=C/CC/C=C/CC/C=C/C(O)C(COC1OC(CO)C(O)C(O)C1O)NC(=O)CCCCCCCCCCCCCCCCCCC/C=C\C/C=C\CCCCCCCCCCC. The van der Waals surface area contributed by atoms with Crippen LogP contribution >= 0.6 is 0 Å². The molecule has 7 atom stereocenters. The molecular formula is C60H109NO8. The van der Waals surface area contributed by atoms with Crippen molar-refractivity contribution in [1.29, 1.82) is 0 Å². The third kappa shape index (κ3) is 39.1. The third-order valence-corrected chi connectivity index (χ3v) is 13.5. The van der Waals surface area contributed by atoms with Gasteiger partial charge in [-0.05, 0) is 77.0 Å². The van der Waals surface area contributed by atoms with E-state index in [-0.39, 0.29) is 12.5 Å². The van der Waals surface area contributed by atoms with E-state index in [9.17, 15) is 30.3 Å². The fraction of sp³-hybridized carbons (Fsp3) is 0.817. The molecule has 0 aliphatic carbocycles. The minimum absolute atomic E-state index is 0.191. The molecule has 0 saturated carbocycles. The first-order valence-corrected chi connectivity index (χ1v) is 29.0. The Morgan fingerprint density at radius 1 is 0.493 bits per heavy atom. The highest BCUT2D eigenvalue weighted by molar-refractivity contribution is 5.76. The van der Waals surface area contributed by atoms with Crippen LogP contribution in [0.4, 0.5) is 0 Å². The highest BCUT2D eigenvalue weighted by atomic mass is 16.7. The van der Waals surface area contributed by atoms with Crippen LogP contribution in [0.25, 0.3) is 0 Å². The number of hydrogen-bond acceptors (Lipinski definition) is 8. The van der Waals surface area contributed by atoms with Gasteiger partial charge in [-0.3, -0.25) is 4.79 Å². The van der Waals surface area contributed by atoms with Crippen molar-refractivity contribution < 1.29 is 39.8 Å². The zero-order valence-electron chi connectivity index (χ0n) is 44.6. The number of carbonyl (C=O) groups is 1. The van der Waals surface area contributed by atoms with Crippen molar-refractivity contribution in [2.45, 2.75) is 301 Å². The van der Waals surface area contributed by atoms with E-state index in [0.717, 1.165) is 57.8 Å². The van der Waals surface area contributed by atoms with Crippen molar-refractivity contribution in [1.82, 2.24) is 5.32 Å². The number of unbranched alkanes of at least 4 members (excludes halogenated alkanes) is 31. The fourth-order valence-electron chi connectivity index (χ4n) is 8.93. The van der Waals surface area contributed by atoms with E-state index in [0.29, 0.717) is 6.42 Å². The van der Waals surface area contributed by atoms with Crippen LogP contribution in [0.5, 0.6) is 0 Å². The molecule has 0 spiro atoms. The van der Waals surface area contributed by atoms with Gasteiger partial charge in [0.2, 0.25) is 5.91 Å². The summed E-state index contributed by atoms with van der Waals surface area (Å²) in [5, 5.41) is 54.3. The molecule has 7 unspecified atom stereocenters. The molecular weight excluding hydrogens is 863 g/mol. The molecule has 6 N–H and O–H groups in total. The van der Waals surface area contributed by atoms with Gasteiger partial charge in [0.1, 0.15) is 24.4 Å². The molecule has 1 saturated heterocycles. The quantitative estimate of drug-likeness (QED) is 0.0261. The number of aliphatic hydroxyl groups is 5. The summed E-state index contributed by atoms with van der Waals surface area (Å²) >= 11 is 0.